The van der Waals surface area contributed by atoms with E-state index in [0.717, 1.165) is 37.4 Å². The fourth-order valence-electron chi connectivity index (χ4n) is 3.84. The van der Waals surface area contributed by atoms with Gasteiger partial charge in [0.2, 0.25) is 5.91 Å². The topological polar surface area (TPSA) is 75.4 Å². The predicted octanol–water partition coefficient (Wildman–Crippen LogP) is 1.70. The van der Waals surface area contributed by atoms with Gasteiger partial charge in [0.05, 0.1) is 12.0 Å². The minimum Gasteiger partial charge on any atom is -0.388 e. The van der Waals surface area contributed by atoms with Gasteiger partial charge < -0.3 is 16.2 Å². The van der Waals surface area contributed by atoms with E-state index in [0.29, 0.717) is 6.42 Å². The summed E-state index contributed by atoms with van der Waals surface area (Å²) in [6.45, 7) is 2.30. The number of piperidine rings is 1. The van der Waals surface area contributed by atoms with Crippen LogP contribution in [0.3, 0.4) is 0 Å². The van der Waals surface area contributed by atoms with E-state index in [2.05, 4.69) is 17.4 Å². The van der Waals surface area contributed by atoms with Gasteiger partial charge >= 0.3 is 0 Å². The van der Waals surface area contributed by atoms with E-state index in [4.69, 9.17) is 5.73 Å². The fraction of sp³-hybridized carbons (Fsp3) is 0.611. The Hall–Kier alpha value is -1.39. The highest BCUT2D eigenvalue weighted by atomic mass is 16.3. The molecule has 0 bridgehead atoms. The standard InChI is InChI=1S/C18H26N2O2/c19-18(22)16-8-6-14-10-12(5-7-15(14)17(16)21)3-4-13-2-1-9-20-11-13/h5,7,10,13,16-17,20-21H,1-4,6,8-9,11H2,(H2,19,22). The van der Waals surface area contributed by atoms with Gasteiger partial charge in [0, 0.05) is 0 Å². The Kier molecular flexibility index (Phi) is 4.79. The Labute approximate surface area is 132 Å². The number of hydrogen-bond acceptors (Lipinski definition) is 3. The first-order valence-corrected chi connectivity index (χ1v) is 8.45. The molecule has 0 aromatic heterocycles. The molecular formula is C18H26N2O2. The largest absolute Gasteiger partial charge is 0.388 e. The molecule has 0 radical (unpaired) electrons. The van der Waals surface area contributed by atoms with Crippen molar-refractivity contribution in [3.05, 3.63) is 34.9 Å². The van der Waals surface area contributed by atoms with E-state index in [1.165, 1.54) is 30.4 Å². The van der Waals surface area contributed by atoms with Crippen LogP contribution in [0.4, 0.5) is 0 Å². The SMILES string of the molecule is NC(=O)C1CCc2cc(CCC3CCCNC3)ccc2C1O. The summed E-state index contributed by atoms with van der Waals surface area (Å²) in [4.78, 5) is 11.4. The van der Waals surface area contributed by atoms with Crippen molar-refractivity contribution in [3.8, 4) is 0 Å². The number of carbonyl (C=O) groups is 1. The quantitative estimate of drug-likeness (QED) is 0.792. The zero-order chi connectivity index (χ0) is 15.5. The molecule has 1 amide bonds. The zero-order valence-electron chi connectivity index (χ0n) is 13.1. The highest BCUT2D eigenvalue weighted by molar-refractivity contribution is 5.78. The van der Waals surface area contributed by atoms with E-state index >= 15 is 0 Å². The number of aryl methyl sites for hydroxylation is 2. The van der Waals surface area contributed by atoms with Gasteiger partial charge in [-0.2, -0.15) is 0 Å². The van der Waals surface area contributed by atoms with Crippen molar-refractivity contribution in [1.82, 2.24) is 5.32 Å². The molecule has 4 nitrogen and oxygen atoms in total. The minimum atomic E-state index is -0.738. The smallest absolute Gasteiger partial charge is 0.223 e. The van der Waals surface area contributed by atoms with Crippen LogP contribution in [0.2, 0.25) is 0 Å². The molecule has 1 aromatic rings. The number of rotatable bonds is 4. The molecule has 2 aliphatic rings. The molecule has 1 fully saturated rings. The molecule has 0 spiro atoms. The van der Waals surface area contributed by atoms with E-state index in [-0.39, 0.29) is 0 Å². The van der Waals surface area contributed by atoms with Crippen molar-refractivity contribution in [2.75, 3.05) is 13.1 Å². The van der Waals surface area contributed by atoms with Gasteiger partial charge in [-0.15, -0.1) is 0 Å². The van der Waals surface area contributed by atoms with Crippen LogP contribution in [-0.4, -0.2) is 24.1 Å². The van der Waals surface area contributed by atoms with Gasteiger partial charge in [0.1, 0.15) is 0 Å². The first kappa shape index (κ1) is 15.5. The number of nitrogens with two attached hydrogens (primary N) is 1. The van der Waals surface area contributed by atoms with Gasteiger partial charge in [-0.05, 0) is 74.2 Å². The molecule has 1 aliphatic carbocycles. The second-order valence-electron chi connectivity index (χ2n) is 6.78. The Balaban J connectivity index is 1.65. The Bertz CT molecular complexity index is 538. The zero-order valence-corrected chi connectivity index (χ0v) is 13.1. The number of aliphatic hydroxyl groups is 1. The first-order chi connectivity index (χ1) is 10.6. The lowest BCUT2D eigenvalue weighted by atomic mass is 9.80. The molecule has 4 heteroatoms. The van der Waals surface area contributed by atoms with Crippen molar-refractivity contribution in [2.24, 2.45) is 17.6 Å². The fourth-order valence-corrected chi connectivity index (χ4v) is 3.84. The maximum Gasteiger partial charge on any atom is 0.223 e. The van der Waals surface area contributed by atoms with Crippen molar-refractivity contribution in [2.45, 2.75) is 44.6 Å². The average molecular weight is 302 g/mol. The van der Waals surface area contributed by atoms with Crippen molar-refractivity contribution in [1.29, 1.82) is 0 Å². The lowest BCUT2D eigenvalue weighted by molar-refractivity contribution is -0.126. The van der Waals surface area contributed by atoms with Gasteiger partial charge in [0.15, 0.2) is 0 Å². The molecule has 1 heterocycles. The monoisotopic (exact) mass is 302 g/mol. The number of aliphatic hydroxyl groups excluding tert-OH is 1. The molecule has 1 aromatic carbocycles. The van der Waals surface area contributed by atoms with Crippen LogP contribution in [0.5, 0.6) is 0 Å². The third kappa shape index (κ3) is 3.33. The van der Waals surface area contributed by atoms with Crippen LogP contribution < -0.4 is 11.1 Å². The second kappa shape index (κ2) is 6.80. The number of carbonyl (C=O) groups excluding carboxylic acids is 1. The Morgan fingerprint density at radius 1 is 1.36 bits per heavy atom. The molecule has 0 saturated carbocycles. The van der Waals surface area contributed by atoms with E-state index in [1.54, 1.807) is 0 Å². The van der Waals surface area contributed by atoms with Crippen LogP contribution in [0.25, 0.3) is 0 Å². The molecule has 22 heavy (non-hydrogen) atoms. The minimum absolute atomic E-state index is 0.396. The first-order valence-electron chi connectivity index (χ1n) is 8.45. The van der Waals surface area contributed by atoms with Crippen molar-refractivity contribution < 1.29 is 9.90 Å². The second-order valence-corrected chi connectivity index (χ2v) is 6.78. The predicted molar refractivity (Wildman–Crippen MR) is 86.3 cm³/mol. The molecule has 3 rings (SSSR count). The van der Waals surface area contributed by atoms with Crippen LogP contribution in [0.1, 0.15) is 48.5 Å². The van der Waals surface area contributed by atoms with Gasteiger partial charge in [-0.3, -0.25) is 4.79 Å². The van der Waals surface area contributed by atoms with E-state index < -0.39 is 17.9 Å². The maximum absolute atomic E-state index is 11.4. The number of nitrogens with one attached hydrogen (secondary N) is 1. The summed E-state index contributed by atoms with van der Waals surface area (Å²) in [6, 6.07) is 6.30. The van der Waals surface area contributed by atoms with Crippen LogP contribution in [0, 0.1) is 11.8 Å². The van der Waals surface area contributed by atoms with Crippen molar-refractivity contribution in [3.63, 3.8) is 0 Å². The number of primary amides is 1. The van der Waals surface area contributed by atoms with Crippen LogP contribution >= 0.6 is 0 Å². The summed E-state index contributed by atoms with van der Waals surface area (Å²) >= 11 is 0. The molecule has 3 atom stereocenters. The van der Waals surface area contributed by atoms with Crippen LogP contribution in [0.15, 0.2) is 18.2 Å². The van der Waals surface area contributed by atoms with Gasteiger partial charge in [-0.1, -0.05) is 18.2 Å². The molecule has 4 N–H and O–H groups in total. The van der Waals surface area contributed by atoms with E-state index in [9.17, 15) is 9.90 Å². The molecule has 1 saturated heterocycles. The summed E-state index contributed by atoms with van der Waals surface area (Å²) in [5.74, 6) is -0.0479. The molecule has 3 unspecified atom stereocenters. The highest BCUT2D eigenvalue weighted by Crippen LogP contribution is 2.35. The summed E-state index contributed by atoms with van der Waals surface area (Å²) in [5.41, 5.74) is 8.78. The highest BCUT2D eigenvalue weighted by Gasteiger charge is 2.31. The van der Waals surface area contributed by atoms with Crippen molar-refractivity contribution >= 4 is 5.91 Å². The maximum atomic E-state index is 11.4. The summed E-state index contributed by atoms with van der Waals surface area (Å²) in [7, 11) is 0. The number of amides is 1. The Morgan fingerprint density at radius 3 is 2.95 bits per heavy atom. The molecule has 1 aliphatic heterocycles. The lowest BCUT2D eigenvalue weighted by Crippen LogP contribution is -2.32. The van der Waals surface area contributed by atoms with Crippen LogP contribution in [-0.2, 0) is 17.6 Å². The summed E-state index contributed by atoms with van der Waals surface area (Å²) < 4.78 is 0. The third-order valence-corrected chi connectivity index (χ3v) is 5.24. The normalized spacial score (nSPS) is 28.1. The number of benzene rings is 1. The average Bonchev–Trinajstić information content (AvgIpc) is 2.54. The van der Waals surface area contributed by atoms with Gasteiger partial charge in [-0.25, -0.2) is 0 Å². The number of fused-ring (bicyclic) bond motifs is 1. The molecule has 120 valence electrons. The molecular weight excluding hydrogens is 276 g/mol. The van der Waals surface area contributed by atoms with Gasteiger partial charge in [0.25, 0.3) is 0 Å². The lowest BCUT2D eigenvalue weighted by Gasteiger charge is -2.28. The third-order valence-electron chi connectivity index (χ3n) is 5.24. The summed E-state index contributed by atoms with van der Waals surface area (Å²) in [5, 5.41) is 13.8. The van der Waals surface area contributed by atoms with E-state index in [1.807, 2.05) is 6.07 Å². The number of hydrogen-bond donors (Lipinski definition) is 3. The Morgan fingerprint density at radius 2 is 2.23 bits per heavy atom. The summed E-state index contributed by atoms with van der Waals surface area (Å²) in [6.07, 6.45) is 5.68.